The lowest BCUT2D eigenvalue weighted by Crippen LogP contribution is -2.31. The molecule has 2 bridgehead atoms. The zero-order valence-electron chi connectivity index (χ0n) is 20.4. The second kappa shape index (κ2) is 15.7. The summed E-state index contributed by atoms with van der Waals surface area (Å²) < 4.78 is 11.4. The maximum atomic E-state index is 12.2. The van der Waals surface area contributed by atoms with E-state index in [9.17, 15) is 9.59 Å². The van der Waals surface area contributed by atoms with Gasteiger partial charge in [-0.2, -0.15) is 0 Å². The zero-order chi connectivity index (χ0) is 22.3. The van der Waals surface area contributed by atoms with E-state index in [2.05, 4.69) is 13.8 Å². The number of unbranched alkanes of at least 4 members (excludes halogenated alkanes) is 10. The van der Waals surface area contributed by atoms with Gasteiger partial charge in [0.2, 0.25) is 0 Å². The first-order valence-corrected chi connectivity index (χ1v) is 13.5. The van der Waals surface area contributed by atoms with Crippen LogP contribution in [0.15, 0.2) is 0 Å². The fourth-order valence-corrected chi connectivity index (χ4v) is 5.67. The lowest BCUT2D eigenvalue weighted by molar-refractivity contribution is -0.150. The summed E-state index contributed by atoms with van der Waals surface area (Å²) in [6.07, 6.45) is 19.0. The van der Waals surface area contributed by atoms with Gasteiger partial charge in [-0.15, -0.1) is 0 Å². The molecular formula is C27H48O4. The Kier molecular flexibility index (Phi) is 13.3. The summed E-state index contributed by atoms with van der Waals surface area (Å²) in [7, 11) is 0. The van der Waals surface area contributed by atoms with Crippen LogP contribution >= 0.6 is 0 Å². The summed E-state index contributed by atoms with van der Waals surface area (Å²) >= 11 is 0. The van der Waals surface area contributed by atoms with Gasteiger partial charge < -0.3 is 9.47 Å². The Morgan fingerprint density at radius 3 is 1.42 bits per heavy atom. The quantitative estimate of drug-likeness (QED) is 0.168. The van der Waals surface area contributed by atoms with Gasteiger partial charge >= 0.3 is 11.9 Å². The van der Waals surface area contributed by atoms with Crippen molar-refractivity contribution in [2.24, 2.45) is 23.7 Å². The number of rotatable bonds is 18. The van der Waals surface area contributed by atoms with Crippen LogP contribution in [0.2, 0.25) is 0 Å². The third kappa shape index (κ3) is 9.95. The van der Waals surface area contributed by atoms with Gasteiger partial charge in [0.05, 0.1) is 13.2 Å². The van der Waals surface area contributed by atoms with Gasteiger partial charge in [-0.3, -0.25) is 9.59 Å². The van der Waals surface area contributed by atoms with Crippen LogP contribution in [0.1, 0.15) is 123 Å². The molecule has 2 fully saturated rings. The summed E-state index contributed by atoms with van der Waals surface area (Å²) in [5.41, 5.74) is 0. The van der Waals surface area contributed by atoms with Crippen molar-refractivity contribution in [1.29, 1.82) is 0 Å². The first-order chi connectivity index (χ1) is 15.2. The van der Waals surface area contributed by atoms with Crippen LogP contribution in [0.4, 0.5) is 0 Å². The van der Waals surface area contributed by atoms with Crippen LogP contribution < -0.4 is 0 Å². The Hall–Kier alpha value is -1.06. The molecule has 0 saturated heterocycles. The fraction of sp³-hybridized carbons (Fsp3) is 0.926. The Balaban J connectivity index is 1.60. The number of carbonyl (C=O) groups is 2. The molecule has 2 aliphatic carbocycles. The second-order valence-corrected chi connectivity index (χ2v) is 10.1. The van der Waals surface area contributed by atoms with E-state index in [-0.39, 0.29) is 11.9 Å². The molecule has 31 heavy (non-hydrogen) atoms. The summed E-state index contributed by atoms with van der Waals surface area (Å²) in [5, 5.41) is 0. The van der Waals surface area contributed by atoms with Crippen LogP contribution in [-0.2, 0) is 19.1 Å². The van der Waals surface area contributed by atoms with Crippen molar-refractivity contribution in [3.63, 3.8) is 0 Å². The molecule has 0 heterocycles. The summed E-state index contributed by atoms with van der Waals surface area (Å²) in [6.45, 7) is 5.48. The molecule has 180 valence electrons. The Morgan fingerprint density at radius 1 is 0.613 bits per heavy atom. The molecule has 2 saturated carbocycles. The van der Waals surface area contributed by atoms with E-state index >= 15 is 0 Å². The number of fused-ring (bicyclic) bond motifs is 2. The predicted molar refractivity (Wildman–Crippen MR) is 126 cm³/mol. The molecule has 0 radical (unpaired) electrons. The second-order valence-electron chi connectivity index (χ2n) is 10.1. The molecule has 4 nitrogen and oxygen atoms in total. The average molecular weight is 437 g/mol. The summed E-state index contributed by atoms with van der Waals surface area (Å²) in [5.74, 6) is 1.97. The van der Waals surface area contributed by atoms with E-state index < -0.39 is 0 Å². The van der Waals surface area contributed by atoms with E-state index in [1.807, 2.05) is 0 Å². The van der Waals surface area contributed by atoms with Gasteiger partial charge in [-0.25, -0.2) is 0 Å². The molecule has 0 N–H and O–H groups in total. The van der Waals surface area contributed by atoms with E-state index in [0.29, 0.717) is 49.7 Å². The van der Waals surface area contributed by atoms with Gasteiger partial charge in [-0.1, -0.05) is 78.1 Å². The first-order valence-electron chi connectivity index (χ1n) is 13.5. The molecule has 4 unspecified atom stereocenters. The predicted octanol–water partition coefficient (Wildman–Crippen LogP) is 7.24. The highest BCUT2D eigenvalue weighted by Crippen LogP contribution is 2.52. The highest BCUT2D eigenvalue weighted by molar-refractivity contribution is 5.69. The molecule has 2 rings (SSSR count). The minimum absolute atomic E-state index is 0.0444. The molecule has 0 aromatic heterocycles. The van der Waals surface area contributed by atoms with Crippen LogP contribution in [0, 0.1) is 23.7 Å². The van der Waals surface area contributed by atoms with Crippen LogP contribution in [0.5, 0.6) is 0 Å². The third-order valence-electron chi connectivity index (χ3n) is 7.62. The number of esters is 2. The van der Waals surface area contributed by atoms with Gasteiger partial charge in [0.25, 0.3) is 0 Å². The molecular weight excluding hydrogens is 388 g/mol. The maximum Gasteiger partial charge on any atom is 0.305 e. The van der Waals surface area contributed by atoms with Crippen molar-refractivity contribution in [3.05, 3.63) is 0 Å². The SMILES string of the molecule is CCCCCCCCC(=O)OCC1C2CCC(C2)C1COC(=O)CCCCCCCC. The summed E-state index contributed by atoms with van der Waals surface area (Å²) in [6, 6.07) is 0. The zero-order valence-corrected chi connectivity index (χ0v) is 20.4. The van der Waals surface area contributed by atoms with Gasteiger partial charge in [0.15, 0.2) is 0 Å². The summed E-state index contributed by atoms with van der Waals surface area (Å²) in [4.78, 5) is 24.3. The van der Waals surface area contributed by atoms with Crippen molar-refractivity contribution >= 4 is 11.9 Å². The van der Waals surface area contributed by atoms with Gasteiger partial charge in [-0.05, 0) is 43.9 Å². The number of hydrogen-bond donors (Lipinski definition) is 0. The van der Waals surface area contributed by atoms with Crippen LogP contribution in [0.3, 0.4) is 0 Å². The molecule has 0 spiro atoms. The molecule has 2 aliphatic rings. The Bertz CT molecular complexity index is 459. The fourth-order valence-electron chi connectivity index (χ4n) is 5.67. The first kappa shape index (κ1) is 26.2. The minimum Gasteiger partial charge on any atom is -0.465 e. The van der Waals surface area contributed by atoms with Crippen LogP contribution in [-0.4, -0.2) is 25.2 Å². The van der Waals surface area contributed by atoms with E-state index in [1.54, 1.807) is 0 Å². The van der Waals surface area contributed by atoms with Crippen molar-refractivity contribution in [2.75, 3.05) is 13.2 Å². The number of ether oxygens (including phenoxy) is 2. The largest absolute Gasteiger partial charge is 0.465 e. The van der Waals surface area contributed by atoms with Crippen molar-refractivity contribution < 1.29 is 19.1 Å². The molecule has 0 amide bonds. The number of hydrogen-bond acceptors (Lipinski definition) is 4. The Morgan fingerprint density at radius 2 is 1.00 bits per heavy atom. The van der Waals surface area contributed by atoms with Crippen molar-refractivity contribution in [2.45, 2.75) is 123 Å². The third-order valence-corrected chi connectivity index (χ3v) is 7.62. The smallest absolute Gasteiger partial charge is 0.305 e. The highest BCUT2D eigenvalue weighted by atomic mass is 16.5. The average Bonchev–Trinajstić information content (AvgIpc) is 3.37. The Labute approximate surface area is 191 Å². The van der Waals surface area contributed by atoms with Gasteiger partial charge in [0.1, 0.15) is 0 Å². The number of carbonyl (C=O) groups excluding carboxylic acids is 2. The van der Waals surface area contributed by atoms with Crippen molar-refractivity contribution in [1.82, 2.24) is 0 Å². The standard InChI is InChI=1S/C27H48O4/c1-3-5-7-9-11-13-15-26(28)30-20-24-22-17-18-23(19-22)25(24)21-31-27(29)16-14-12-10-8-6-4-2/h22-25H,3-21H2,1-2H3. The lowest BCUT2D eigenvalue weighted by atomic mass is 9.80. The van der Waals surface area contributed by atoms with Crippen molar-refractivity contribution in [3.8, 4) is 0 Å². The normalized spacial score (nSPS) is 24.5. The van der Waals surface area contributed by atoms with E-state index in [1.165, 1.54) is 70.6 Å². The van der Waals surface area contributed by atoms with E-state index in [4.69, 9.17) is 9.47 Å². The molecule has 0 aromatic rings. The van der Waals surface area contributed by atoms with E-state index in [0.717, 1.165) is 25.7 Å². The minimum atomic E-state index is -0.0444. The maximum absolute atomic E-state index is 12.2. The highest BCUT2D eigenvalue weighted by Gasteiger charge is 2.48. The molecule has 4 atom stereocenters. The monoisotopic (exact) mass is 436 g/mol. The van der Waals surface area contributed by atoms with Gasteiger partial charge in [0, 0.05) is 24.7 Å². The molecule has 4 heteroatoms. The molecule has 0 aromatic carbocycles. The topological polar surface area (TPSA) is 52.6 Å². The lowest BCUT2D eigenvalue weighted by Gasteiger charge is -2.30. The van der Waals surface area contributed by atoms with Crippen LogP contribution in [0.25, 0.3) is 0 Å². The molecule has 0 aliphatic heterocycles.